The lowest BCUT2D eigenvalue weighted by Crippen LogP contribution is -2.26. The van der Waals surface area contributed by atoms with Crippen LogP contribution in [0.5, 0.6) is 5.75 Å². The summed E-state index contributed by atoms with van der Waals surface area (Å²) in [5.41, 5.74) is 1.38. The molecule has 0 radical (unpaired) electrons. The highest BCUT2D eigenvalue weighted by Gasteiger charge is 2.22. The van der Waals surface area contributed by atoms with E-state index >= 15 is 0 Å². The number of ether oxygens (including phenoxy) is 2. The van der Waals surface area contributed by atoms with Gasteiger partial charge in [0.25, 0.3) is 5.56 Å². The van der Waals surface area contributed by atoms with Gasteiger partial charge >= 0.3 is 5.97 Å². The van der Waals surface area contributed by atoms with E-state index in [0.717, 1.165) is 40.6 Å². The highest BCUT2D eigenvalue weighted by molar-refractivity contribution is 14.1. The quantitative estimate of drug-likeness (QED) is 0.219. The largest absolute Gasteiger partial charge is 0.478 e. The average Bonchev–Trinajstić information content (AvgIpc) is 2.85. The highest BCUT2D eigenvalue weighted by Crippen LogP contribution is 2.31. The monoisotopic (exact) mass is 573 g/mol. The lowest BCUT2D eigenvalue weighted by atomic mass is 9.88. The zero-order chi connectivity index (χ0) is 24.1. The van der Waals surface area contributed by atoms with Crippen molar-refractivity contribution in [3.05, 3.63) is 67.8 Å². The first-order valence-electron chi connectivity index (χ1n) is 11.7. The molecule has 1 fully saturated rings. The van der Waals surface area contributed by atoms with Crippen LogP contribution in [0.3, 0.4) is 0 Å². The number of halogens is 1. The molecule has 0 aliphatic heterocycles. The summed E-state index contributed by atoms with van der Waals surface area (Å²) in [4.78, 5) is 30.0. The number of rotatable bonds is 7. The van der Waals surface area contributed by atoms with Gasteiger partial charge in [-0.25, -0.2) is 9.78 Å². The molecule has 34 heavy (non-hydrogen) atoms. The van der Waals surface area contributed by atoms with Gasteiger partial charge < -0.3 is 9.47 Å². The molecule has 0 spiro atoms. The van der Waals surface area contributed by atoms with E-state index in [4.69, 9.17) is 14.5 Å². The van der Waals surface area contributed by atoms with Gasteiger partial charge in [-0.3, -0.25) is 4.79 Å². The van der Waals surface area contributed by atoms with Crippen molar-refractivity contribution in [2.24, 2.45) is 5.10 Å². The van der Waals surface area contributed by atoms with E-state index in [1.165, 1.54) is 11.1 Å². The fraction of sp³-hybridized carbons (Fsp3) is 0.385. The second-order valence-electron chi connectivity index (χ2n) is 8.39. The average molecular weight is 573 g/mol. The molecule has 7 nitrogen and oxygen atoms in total. The maximum Gasteiger partial charge on any atom is 0.347 e. The molecule has 1 aliphatic carbocycles. The Labute approximate surface area is 212 Å². The normalized spacial score (nSPS) is 15.5. The molecule has 8 heteroatoms. The van der Waals surface area contributed by atoms with Crippen LogP contribution in [0.4, 0.5) is 0 Å². The van der Waals surface area contributed by atoms with Crippen LogP contribution in [0.25, 0.3) is 10.9 Å². The lowest BCUT2D eigenvalue weighted by molar-refractivity contribution is -0.150. The molecule has 178 valence electrons. The Kier molecular flexibility index (Phi) is 7.97. The van der Waals surface area contributed by atoms with E-state index in [2.05, 4.69) is 27.7 Å². The molecule has 1 saturated carbocycles. The minimum atomic E-state index is -0.701. The first kappa shape index (κ1) is 24.4. The Bertz CT molecular complexity index is 1260. The molecule has 0 amide bonds. The molecule has 0 unspecified atom stereocenters. The van der Waals surface area contributed by atoms with Crippen LogP contribution in [-0.4, -0.2) is 34.6 Å². The molecule has 0 bridgehead atoms. The second kappa shape index (κ2) is 11.1. The number of carbonyl (C=O) groups is 1. The zero-order valence-electron chi connectivity index (χ0n) is 19.4. The summed E-state index contributed by atoms with van der Waals surface area (Å²) in [5, 5.41) is 5.14. The van der Waals surface area contributed by atoms with Crippen molar-refractivity contribution in [2.45, 2.75) is 58.0 Å². The summed E-state index contributed by atoms with van der Waals surface area (Å²) < 4.78 is 13.1. The first-order chi connectivity index (χ1) is 16.5. The van der Waals surface area contributed by atoms with Crippen molar-refractivity contribution in [2.75, 3.05) is 6.61 Å². The molecule has 2 aromatic carbocycles. The number of hydrogen-bond donors (Lipinski definition) is 0. The zero-order valence-corrected chi connectivity index (χ0v) is 21.5. The van der Waals surface area contributed by atoms with E-state index in [9.17, 15) is 9.59 Å². The number of carbonyl (C=O) groups excluding carboxylic acids is 1. The van der Waals surface area contributed by atoms with Crippen LogP contribution in [0, 0.1) is 3.57 Å². The standard InChI is InChI=1S/C26H28IN3O4/c1-3-33-26(32)17(2)34-23-14-13-18(15-21(23)27)16-28-30-24(19-9-5-4-6-10-19)29-22-12-8-7-11-20(22)25(30)31/h7-8,11-17,19H,3-6,9-10H2,1-2H3/t17-/m1/s1. The van der Waals surface area contributed by atoms with Gasteiger partial charge in [0.1, 0.15) is 11.6 Å². The molecule has 1 heterocycles. The predicted octanol–water partition coefficient (Wildman–Crippen LogP) is 5.26. The smallest absolute Gasteiger partial charge is 0.347 e. The van der Waals surface area contributed by atoms with E-state index in [1.807, 2.05) is 30.3 Å². The molecule has 0 N–H and O–H groups in total. The maximum absolute atomic E-state index is 13.3. The number of para-hydroxylation sites is 1. The van der Waals surface area contributed by atoms with E-state index < -0.39 is 12.1 Å². The third-order valence-electron chi connectivity index (χ3n) is 5.95. The predicted molar refractivity (Wildman–Crippen MR) is 141 cm³/mol. The SMILES string of the molecule is CCOC(=O)[C@@H](C)Oc1ccc(C=Nn2c(C3CCCCC3)nc3ccccc3c2=O)cc1I. The molecule has 1 atom stereocenters. The number of esters is 1. The van der Waals surface area contributed by atoms with E-state index in [-0.39, 0.29) is 11.5 Å². The van der Waals surface area contributed by atoms with Gasteiger partial charge in [0.2, 0.25) is 0 Å². The fourth-order valence-corrected chi connectivity index (χ4v) is 4.86. The van der Waals surface area contributed by atoms with Crippen molar-refractivity contribution in [1.29, 1.82) is 0 Å². The molecular formula is C26H28IN3O4. The molecule has 4 rings (SSSR count). The van der Waals surface area contributed by atoms with Crippen LogP contribution >= 0.6 is 22.6 Å². The van der Waals surface area contributed by atoms with E-state index in [0.29, 0.717) is 23.3 Å². The lowest BCUT2D eigenvalue weighted by Gasteiger charge is -2.22. The number of benzene rings is 2. The fourth-order valence-electron chi connectivity index (χ4n) is 4.19. The van der Waals surface area contributed by atoms with Gasteiger partial charge in [0.05, 0.1) is 27.3 Å². The highest BCUT2D eigenvalue weighted by atomic mass is 127. The van der Waals surface area contributed by atoms with Crippen LogP contribution in [0.15, 0.2) is 52.4 Å². The molecule has 3 aromatic rings. The summed E-state index contributed by atoms with van der Waals surface area (Å²) >= 11 is 2.16. The summed E-state index contributed by atoms with van der Waals surface area (Å²) in [6.45, 7) is 3.73. The Morgan fingerprint density at radius 3 is 2.74 bits per heavy atom. The summed E-state index contributed by atoms with van der Waals surface area (Å²) in [6, 6.07) is 13.0. The Morgan fingerprint density at radius 1 is 1.24 bits per heavy atom. The second-order valence-corrected chi connectivity index (χ2v) is 9.55. The molecule has 0 saturated heterocycles. The van der Waals surface area contributed by atoms with Gasteiger partial charge in [-0.1, -0.05) is 31.4 Å². The Hall–Kier alpha value is -2.75. The topological polar surface area (TPSA) is 82.8 Å². The number of fused-ring (bicyclic) bond motifs is 1. The van der Waals surface area contributed by atoms with Crippen molar-refractivity contribution in [3.8, 4) is 5.75 Å². The summed E-state index contributed by atoms with van der Waals surface area (Å²) in [7, 11) is 0. The van der Waals surface area contributed by atoms with Crippen LogP contribution < -0.4 is 10.3 Å². The number of hydrogen-bond acceptors (Lipinski definition) is 6. The van der Waals surface area contributed by atoms with Crippen LogP contribution in [0.2, 0.25) is 0 Å². The summed E-state index contributed by atoms with van der Waals surface area (Å²) in [6.07, 6.45) is 6.51. The van der Waals surface area contributed by atoms with Gasteiger partial charge in [-0.15, -0.1) is 0 Å². The third kappa shape index (κ3) is 5.48. The molecular weight excluding hydrogens is 545 g/mol. The molecule has 1 aromatic heterocycles. The van der Waals surface area contributed by atoms with Crippen molar-refractivity contribution in [3.63, 3.8) is 0 Å². The minimum absolute atomic E-state index is 0.152. The van der Waals surface area contributed by atoms with Crippen molar-refractivity contribution < 1.29 is 14.3 Å². The Balaban J connectivity index is 1.64. The minimum Gasteiger partial charge on any atom is -0.478 e. The van der Waals surface area contributed by atoms with Crippen molar-refractivity contribution in [1.82, 2.24) is 9.66 Å². The van der Waals surface area contributed by atoms with Gasteiger partial charge in [0.15, 0.2) is 6.10 Å². The van der Waals surface area contributed by atoms with Crippen molar-refractivity contribution >= 4 is 45.7 Å². The van der Waals surface area contributed by atoms with Gasteiger partial charge in [-0.2, -0.15) is 9.78 Å². The molecule has 1 aliphatic rings. The number of nitrogens with zero attached hydrogens (tertiary/aromatic N) is 3. The van der Waals surface area contributed by atoms with E-state index in [1.54, 1.807) is 32.2 Å². The summed E-state index contributed by atoms with van der Waals surface area (Å²) in [5.74, 6) is 1.15. The number of aromatic nitrogens is 2. The third-order valence-corrected chi connectivity index (χ3v) is 6.79. The van der Waals surface area contributed by atoms with Gasteiger partial charge in [0, 0.05) is 5.92 Å². The maximum atomic E-state index is 13.3. The van der Waals surface area contributed by atoms with Crippen LogP contribution in [0.1, 0.15) is 63.3 Å². The van der Waals surface area contributed by atoms with Gasteiger partial charge in [-0.05, 0) is 85.2 Å². The van der Waals surface area contributed by atoms with Crippen LogP contribution in [-0.2, 0) is 9.53 Å². The Morgan fingerprint density at radius 2 is 2.00 bits per heavy atom. The first-order valence-corrected chi connectivity index (χ1v) is 12.7.